The minimum Gasteiger partial charge on any atom is -0.481 e. The number of hydrogen-bond donors (Lipinski definition) is 1. The first-order valence-electron chi connectivity index (χ1n) is 6.50. The highest BCUT2D eigenvalue weighted by molar-refractivity contribution is 7.98. The van der Waals surface area contributed by atoms with E-state index in [1.54, 1.807) is 20.3 Å². The smallest absolute Gasteiger partial charge is 0.229 e. The molecule has 0 aromatic carbocycles. The zero-order chi connectivity index (χ0) is 13.9. The van der Waals surface area contributed by atoms with Crippen LogP contribution in [0.1, 0.15) is 25.7 Å². The summed E-state index contributed by atoms with van der Waals surface area (Å²) in [5.41, 5.74) is 0. The molecule has 6 heteroatoms. The van der Waals surface area contributed by atoms with Crippen LogP contribution in [-0.2, 0) is 0 Å². The van der Waals surface area contributed by atoms with Crippen molar-refractivity contribution in [2.75, 3.05) is 38.1 Å². The number of methoxy groups -OCH3 is 2. The molecule has 0 saturated heterocycles. The van der Waals surface area contributed by atoms with E-state index in [1.807, 2.05) is 11.8 Å². The molecule has 0 spiro atoms. The van der Waals surface area contributed by atoms with E-state index in [1.165, 1.54) is 25.0 Å². The van der Waals surface area contributed by atoms with Gasteiger partial charge >= 0.3 is 0 Å². The number of anilines is 1. The highest BCUT2D eigenvalue weighted by Crippen LogP contribution is 2.17. The maximum absolute atomic E-state index is 5.10. The third-order valence-electron chi connectivity index (χ3n) is 2.66. The Bertz CT molecular complexity index is 341. The molecule has 19 heavy (non-hydrogen) atoms. The summed E-state index contributed by atoms with van der Waals surface area (Å²) < 4.78 is 10.2. The number of hydrogen-bond acceptors (Lipinski definition) is 6. The predicted octanol–water partition coefficient (Wildman–Crippen LogP) is 2.83. The first-order chi connectivity index (χ1) is 9.30. The average Bonchev–Trinajstić information content (AvgIpc) is 2.45. The number of thioether (sulfide) groups is 1. The summed E-state index contributed by atoms with van der Waals surface area (Å²) in [6.07, 6.45) is 7.08. The quantitative estimate of drug-likeness (QED) is 0.667. The van der Waals surface area contributed by atoms with Gasteiger partial charge in [0.05, 0.1) is 20.3 Å². The Morgan fingerprint density at radius 1 is 1.05 bits per heavy atom. The van der Waals surface area contributed by atoms with Crippen LogP contribution in [0.15, 0.2) is 6.07 Å². The molecule has 108 valence electrons. The lowest BCUT2D eigenvalue weighted by molar-refractivity contribution is 0.373. The van der Waals surface area contributed by atoms with Crippen molar-refractivity contribution in [1.29, 1.82) is 0 Å². The number of aromatic nitrogens is 2. The van der Waals surface area contributed by atoms with E-state index in [4.69, 9.17) is 9.47 Å². The van der Waals surface area contributed by atoms with Gasteiger partial charge in [-0.25, -0.2) is 0 Å². The van der Waals surface area contributed by atoms with Gasteiger partial charge in [0.15, 0.2) is 0 Å². The number of rotatable bonds is 10. The van der Waals surface area contributed by atoms with E-state index >= 15 is 0 Å². The standard InChI is InChI=1S/C13H23N3O2S/c1-17-11-10-12(18-2)16-13(15-11)14-8-6-4-5-7-9-19-3/h10H,4-9H2,1-3H3,(H,14,15,16). The zero-order valence-electron chi connectivity index (χ0n) is 11.9. The van der Waals surface area contributed by atoms with Gasteiger partial charge in [-0.3, -0.25) is 0 Å². The van der Waals surface area contributed by atoms with Crippen molar-refractivity contribution in [3.63, 3.8) is 0 Å². The van der Waals surface area contributed by atoms with Crippen molar-refractivity contribution >= 4 is 17.7 Å². The monoisotopic (exact) mass is 285 g/mol. The van der Waals surface area contributed by atoms with Crippen LogP contribution in [0.25, 0.3) is 0 Å². The topological polar surface area (TPSA) is 56.3 Å². The largest absolute Gasteiger partial charge is 0.481 e. The van der Waals surface area contributed by atoms with Crippen LogP contribution in [0.5, 0.6) is 11.8 Å². The first kappa shape index (κ1) is 15.9. The Balaban J connectivity index is 2.28. The Morgan fingerprint density at radius 3 is 2.26 bits per heavy atom. The summed E-state index contributed by atoms with van der Waals surface area (Å²) in [4.78, 5) is 8.44. The van der Waals surface area contributed by atoms with Gasteiger partial charge in [-0.1, -0.05) is 12.8 Å². The van der Waals surface area contributed by atoms with Gasteiger partial charge in [0, 0.05) is 6.54 Å². The van der Waals surface area contributed by atoms with Crippen molar-refractivity contribution in [3.8, 4) is 11.8 Å². The maximum Gasteiger partial charge on any atom is 0.229 e. The molecule has 5 nitrogen and oxygen atoms in total. The van der Waals surface area contributed by atoms with Crippen molar-refractivity contribution in [3.05, 3.63) is 6.07 Å². The van der Waals surface area contributed by atoms with E-state index in [2.05, 4.69) is 21.5 Å². The molecular formula is C13H23N3O2S. The van der Waals surface area contributed by atoms with Crippen LogP contribution < -0.4 is 14.8 Å². The molecule has 0 aliphatic heterocycles. The third-order valence-corrected chi connectivity index (χ3v) is 3.35. The van der Waals surface area contributed by atoms with Crippen molar-refractivity contribution in [2.45, 2.75) is 25.7 Å². The van der Waals surface area contributed by atoms with Gasteiger partial charge in [0.25, 0.3) is 0 Å². The molecule has 0 radical (unpaired) electrons. The van der Waals surface area contributed by atoms with Crippen LogP contribution in [0.2, 0.25) is 0 Å². The molecule has 0 bridgehead atoms. The minimum absolute atomic E-state index is 0.509. The molecule has 0 aliphatic rings. The average molecular weight is 285 g/mol. The van der Waals surface area contributed by atoms with Crippen molar-refractivity contribution in [1.82, 2.24) is 9.97 Å². The van der Waals surface area contributed by atoms with E-state index in [0.717, 1.165) is 13.0 Å². The Hall–Kier alpha value is -1.17. The minimum atomic E-state index is 0.509. The molecule has 1 rings (SSSR count). The number of nitrogens with zero attached hydrogens (tertiary/aromatic N) is 2. The molecule has 1 heterocycles. The Morgan fingerprint density at radius 2 is 1.68 bits per heavy atom. The summed E-state index contributed by atoms with van der Waals surface area (Å²) >= 11 is 1.91. The lowest BCUT2D eigenvalue weighted by Gasteiger charge is -2.08. The van der Waals surface area contributed by atoms with Gasteiger partial charge in [0.1, 0.15) is 0 Å². The van der Waals surface area contributed by atoms with Crippen LogP contribution in [0.3, 0.4) is 0 Å². The van der Waals surface area contributed by atoms with Gasteiger partial charge in [-0.05, 0) is 24.9 Å². The highest BCUT2D eigenvalue weighted by Gasteiger charge is 2.04. The molecular weight excluding hydrogens is 262 g/mol. The molecule has 0 fully saturated rings. The summed E-state index contributed by atoms with van der Waals surface area (Å²) in [5.74, 6) is 2.83. The predicted molar refractivity (Wildman–Crippen MR) is 80.5 cm³/mol. The molecule has 0 amide bonds. The van der Waals surface area contributed by atoms with E-state index < -0.39 is 0 Å². The second kappa shape index (κ2) is 9.72. The second-order valence-corrected chi connectivity index (χ2v) is 5.10. The normalized spacial score (nSPS) is 10.3. The fourth-order valence-electron chi connectivity index (χ4n) is 1.62. The first-order valence-corrected chi connectivity index (χ1v) is 7.89. The number of unbranched alkanes of at least 4 members (excludes halogenated alkanes) is 3. The number of ether oxygens (including phenoxy) is 2. The van der Waals surface area contributed by atoms with E-state index in [-0.39, 0.29) is 0 Å². The van der Waals surface area contributed by atoms with Gasteiger partial charge in [-0.15, -0.1) is 0 Å². The summed E-state index contributed by atoms with van der Waals surface area (Å²) in [6, 6.07) is 1.66. The summed E-state index contributed by atoms with van der Waals surface area (Å²) in [6.45, 7) is 0.871. The maximum atomic E-state index is 5.10. The highest BCUT2D eigenvalue weighted by atomic mass is 32.2. The number of nitrogens with one attached hydrogen (secondary N) is 1. The second-order valence-electron chi connectivity index (χ2n) is 4.11. The fourth-order valence-corrected chi connectivity index (χ4v) is 2.11. The molecule has 1 aromatic heterocycles. The Labute approximate surface area is 119 Å². The molecule has 0 atom stereocenters. The lowest BCUT2D eigenvalue weighted by atomic mass is 10.2. The molecule has 1 aromatic rings. The molecule has 0 saturated carbocycles. The van der Waals surface area contributed by atoms with Gasteiger partial charge in [0.2, 0.25) is 17.7 Å². The lowest BCUT2D eigenvalue weighted by Crippen LogP contribution is -2.07. The van der Waals surface area contributed by atoms with Crippen LogP contribution in [0, 0.1) is 0 Å². The SMILES string of the molecule is COc1cc(OC)nc(NCCCCCCSC)n1. The van der Waals surface area contributed by atoms with E-state index in [9.17, 15) is 0 Å². The van der Waals surface area contributed by atoms with Crippen molar-refractivity contribution < 1.29 is 9.47 Å². The Kier molecular flexibility index (Phi) is 8.13. The van der Waals surface area contributed by atoms with Gasteiger partial charge in [-0.2, -0.15) is 21.7 Å². The van der Waals surface area contributed by atoms with Crippen LogP contribution >= 0.6 is 11.8 Å². The van der Waals surface area contributed by atoms with Gasteiger partial charge < -0.3 is 14.8 Å². The van der Waals surface area contributed by atoms with Crippen molar-refractivity contribution in [2.24, 2.45) is 0 Å². The third kappa shape index (κ3) is 6.52. The zero-order valence-corrected chi connectivity index (χ0v) is 12.8. The molecule has 0 unspecified atom stereocenters. The molecule has 0 aliphatic carbocycles. The summed E-state index contributed by atoms with van der Waals surface area (Å²) in [7, 11) is 3.16. The van der Waals surface area contributed by atoms with E-state index in [0.29, 0.717) is 17.7 Å². The van der Waals surface area contributed by atoms with Crippen LogP contribution in [0.4, 0.5) is 5.95 Å². The summed E-state index contributed by atoms with van der Waals surface area (Å²) in [5, 5.41) is 3.20. The van der Waals surface area contributed by atoms with Crippen LogP contribution in [-0.4, -0.2) is 42.7 Å². The molecule has 1 N–H and O–H groups in total. The fraction of sp³-hybridized carbons (Fsp3) is 0.692.